The quantitative estimate of drug-likeness (QED) is 0.752. The molecule has 2 fully saturated rings. The highest BCUT2D eigenvalue weighted by atomic mass is 16.3. The van der Waals surface area contributed by atoms with Gasteiger partial charge in [-0.1, -0.05) is 39.0 Å². The van der Waals surface area contributed by atoms with Gasteiger partial charge in [0.1, 0.15) is 0 Å². The number of allylic oxidation sites excluding steroid dienone is 1. The van der Waals surface area contributed by atoms with Gasteiger partial charge in [0.05, 0.1) is 11.7 Å². The fourth-order valence-electron chi connectivity index (χ4n) is 5.24. The van der Waals surface area contributed by atoms with Crippen molar-refractivity contribution in [2.75, 3.05) is 0 Å². The van der Waals surface area contributed by atoms with Crippen molar-refractivity contribution < 1.29 is 10.2 Å². The van der Waals surface area contributed by atoms with Crippen LogP contribution >= 0.6 is 0 Å². The molecule has 5 atom stereocenters. The molecule has 0 radical (unpaired) electrons. The number of hydrogen-bond acceptors (Lipinski definition) is 2. The normalized spacial score (nSPS) is 40.6. The lowest BCUT2D eigenvalue weighted by Crippen LogP contribution is -2.54. The highest BCUT2D eigenvalue weighted by molar-refractivity contribution is 5.17. The molecule has 0 unspecified atom stereocenters. The van der Waals surface area contributed by atoms with Gasteiger partial charge >= 0.3 is 0 Å². The lowest BCUT2D eigenvalue weighted by atomic mass is 9.46. The lowest BCUT2D eigenvalue weighted by molar-refractivity contribution is -0.126. The van der Waals surface area contributed by atoms with Crippen LogP contribution in [0.2, 0.25) is 0 Å². The minimum atomic E-state index is -0.798. The van der Waals surface area contributed by atoms with Crippen molar-refractivity contribution in [3.05, 3.63) is 24.8 Å². The van der Waals surface area contributed by atoms with E-state index in [1.807, 2.05) is 6.92 Å². The Balaban J connectivity index is 2.25. The van der Waals surface area contributed by atoms with Crippen molar-refractivity contribution >= 4 is 0 Å². The molecule has 0 amide bonds. The summed E-state index contributed by atoms with van der Waals surface area (Å²) in [5.41, 5.74) is 0.695. The van der Waals surface area contributed by atoms with Crippen LogP contribution in [0.1, 0.15) is 66.2 Å². The van der Waals surface area contributed by atoms with Crippen molar-refractivity contribution in [1.29, 1.82) is 0 Å². The van der Waals surface area contributed by atoms with Crippen LogP contribution in [0.5, 0.6) is 0 Å². The fraction of sp³-hybridized carbons (Fsp3) is 0.800. The molecule has 2 heteroatoms. The summed E-state index contributed by atoms with van der Waals surface area (Å²) in [6.45, 7) is 16.8. The maximum atomic E-state index is 10.5. The minimum Gasteiger partial charge on any atom is -0.393 e. The maximum absolute atomic E-state index is 10.5. The van der Waals surface area contributed by atoms with E-state index >= 15 is 0 Å². The van der Waals surface area contributed by atoms with Gasteiger partial charge in [0.2, 0.25) is 0 Å². The molecule has 0 saturated heterocycles. The van der Waals surface area contributed by atoms with Gasteiger partial charge in [0.15, 0.2) is 0 Å². The number of fused-ring (bicyclic) bond motifs is 1. The molecule has 126 valence electrons. The molecule has 2 rings (SSSR count). The Bertz CT molecular complexity index is 449. The topological polar surface area (TPSA) is 40.5 Å². The second-order valence-electron chi connectivity index (χ2n) is 8.78. The van der Waals surface area contributed by atoms with E-state index in [0.717, 1.165) is 38.5 Å². The second kappa shape index (κ2) is 5.79. The van der Waals surface area contributed by atoms with E-state index in [1.54, 1.807) is 6.08 Å². The molecule has 0 aromatic carbocycles. The molecule has 0 heterocycles. The predicted octanol–water partition coefficient (Wildman–Crippen LogP) is 4.47. The number of aliphatic hydroxyl groups is 2. The Kier molecular flexibility index (Phi) is 4.68. The summed E-state index contributed by atoms with van der Waals surface area (Å²) >= 11 is 0. The summed E-state index contributed by atoms with van der Waals surface area (Å²) < 4.78 is 0. The summed E-state index contributed by atoms with van der Waals surface area (Å²) in [6.07, 6.45) is 7.25. The van der Waals surface area contributed by atoms with E-state index in [4.69, 9.17) is 0 Å². The highest BCUT2D eigenvalue weighted by Gasteiger charge is 2.55. The third kappa shape index (κ3) is 2.92. The van der Waals surface area contributed by atoms with Gasteiger partial charge in [0.25, 0.3) is 0 Å². The Morgan fingerprint density at radius 3 is 2.55 bits per heavy atom. The monoisotopic (exact) mass is 306 g/mol. The van der Waals surface area contributed by atoms with Gasteiger partial charge in [-0.3, -0.25) is 0 Å². The smallest absolute Gasteiger partial charge is 0.0797 e. The van der Waals surface area contributed by atoms with Crippen LogP contribution in [0.25, 0.3) is 0 Å². The first kappa shape index (κ1) is 17.7. The molecule has 2 N–H and O–H groups in total. The summed E-state index contributed by atoms with van der Waals surface area (Å²) in [6, 6.07) is 0. The Labute approximate surface area is 136 Å². The van der Waals surface area contributed by atoms with Gasteiger partial charge in [-0.2, -0.15) is 0 Å². The van der Waals surface area contributed by atoms with Crippen LogP contribution in [0.15, 0.2) is 24.8 Å². The van der Waals surface area contributed by atoms with E-state index in [9.17, 15) is 10.2 Å². The molecule has 0 spiro atoms. The lowest BCUT2D eigenvalue weighted by Gasteiger charge is -2.59. The van der Waals surface area contributed by atoms with Gasteiger partial charge in [-0.05, 0) is 68.1 Å². The fourth-order valence-corrected chi connectivity index (χ4v) is 5.24. The second-order valence-corrected chi connectivity index (χ2v) is 8.78. The average Bonchev–Trinajstić information content (AvgIpc) is 2.42. The first-order valence-electron chi connectivity index (χ1n) is 8.76. The van der Waals surface area contributed by atoms with Crippen LogP contribution in [-0.4, -0.2) is 21.9 Å². The standard InChI is InChI=1S/C20H34O2/c1-7-19(5,22)12-10-15-14(2)8-9-16-18(3,4)17(21)11-13-20(15,16)6/h7,15-17,21-22H,1-2,8-13H2,3-6H3/t15-,16-,17+,19+,20+/m0/s1. The van der Waals surface area contributed by atoms with E-state index in [1.165, 1.54) is 5.57 Å². The zero-order chi connectivity index (χ0) is 16.8. The van der Waals surface area contributed by atoms with Crippen molar-refractivity contribution in [3.63, 3.8) is 0 Å². The first-order chi connectivity index (χ1) is 10.0. The summed E-state index contributed by atoms with van der Waals surface area (Å²) in [5.74, 6) is 0.956. The summed E-state index contributed by atoms with van der Waals surface area (Å²) in [7, 11) is 0. The third-order valence-corrected chi connectivity index (χ3v) is 6.93. The Morgan fingerprint density at radius 2 is 1.95 bits per heavy atom. The van der Waals surface area contributed by atoms with E-state index in [2.05, 4.69) is 33.9 Å². The van der Waals surface area contributed by atoms with E-state index < -0.39 is 5.60 Å². The molecule has 2 nitrogen and oxygen atoms in total. The number of hydrogen-bond donors (Lipinski definition) is 2. The van der Waals surface area contributed by atoms with Crippen LogP contribution in [0.4, 0.5) is 0 Å². The van der Waals surface area contributed by atoms with Gasteiger partial charge in [0, 0.05) is 0 Å². The molecule has 0 bridgehead atoms. The van der Waals surface area contributed by atoms with E-state index in [-0.39, 0.29) is 16.9 Å². The molecular weight excluding hydrogens is 272 g/mol. The zero-order valence-corrected chi connectivity index (χ0v) is 14.9. The molecule has 2 saturated carbocycles. The maximum Gasteiger partial charge on any atom is 0.0797 e. The minimum absolute atomic E-state index is 0.0348. The van der Waals surface area contributed by atoms with Crippen LogP contribution < -0.4 is 0 Å². The van der Waals surface area contributed by atoms with Crippen molar-refractivity contribution in [3.8, 4) is 0 Å². The molecule has 0 aromatic heterocycles. The van der Waals surface area contributed by atoms with Crippen LogP contribution in [-0.2, 0) is 0 Å². The molecular formula is C20H34O2. The van der Waals surface area contributed by atoms with E-state index in [0.29, 0.717) is 11.8 Å². The van der Waals surface area contributed by atoms with Crippen LogP contribution in [0.3, 0.4) is 0 Å². The molecule has 2 aliphatic rings. The highest BCUT2D eigenvalue weighted by Crippen LogP contribution is 2.61. The largest absolute Gasteiger partial charge is 0.393 e. The zero-order valence-electron chi connectivity index (χ0n) is 14.9. The molecule has 22 heavy (non-hydrogen) atoms. The predicted molar refractivity (Wildman–Crippen MR) is 92.5 cm³/mol. The van der Waals surface area contributed by atoms with Crippen LogP contribution in [0, 0.1) is 22.7 Å². The van der Waals surface area contributed by atoms with Crippen molar-refractivity contribution in [2.24, 2.45) is 22.7 Å². The van der Waals surface area contributed by atoms with Crippen molar-refractivity contribution in [1.82, 2.24) is 0 Å². The van der Waals surface area contributed by atoms with Crippen molar-refractivity contribution in [2.45, 2.75) is 77.9 Å². The molecule has 0 aliphatic heterocycles. The summed E-state index contributed by atoms with van der Waals surface area (Å²) in [4.78, 5) is 0. The Morgan fingerprint density at radius 1 is 1.32 bits per heavy atom. The average molecular weight is 306 g/mol. The van der Waals surface area contributed by atoms with Gasteiger partial charge in [-0.25, -0.2) is 0 Å². The Hall–Kier alpha value is -0.600. The number of rotatable bonds is 4. The molecule has 2 aliphatic carbocycles. The number of aliphatic hydroxyl groups excluding tert-OH is 1. The summed E-state index contributed by atoms with van der Waals surface area (Å²) in [5, 5.41) is 20.7. The SMILES string of the molecule is C=C[C@@](C)(O)CC[C@H]1C(=C)CC[C@H]2C(C)(C)[C@H](O)CC[C@]12C. The first-order valence-corrected chi connectivity index (χ1v) is 8.76. The third-order valence-electron chi connectivity index (χ3n) is 6.93. The van der Waals surface area contributed by atoms with Gasteiger partial charge < -0.3 is 10.2 Å². The van der Waals surface area contributed by atoms with Gasteiger partial charge in [-0.15, -0.1) is 6.58 Å². The molecule has 0 aromatic rings.